The number of aliphatic carboxylic acids is 1. The fraction of sp³-hybridized carbons (Fsp3) is 0.182. The van der Waals surface area contributed by atoms with E-state index in [1.165, 1.54) is 6.21 Å². The van der Waals surface area contributed by atoms with Crippen LogP contribution in [0.15, 0.2) is 29.4 Å². The topological polar surface area (TPSA) is 106 Å². The summed E-state index contributed by atoms with van der Waals surface area (Å²) in [6.45, 7) is 0. The van der Waals surface area contributed by atoms with Crippen LogP contribution in [0.25, 0.3) is 0 Å². The number of carboxylic acid groups (broad SMARTS) is 1. The van der Waals surface area contributed by atoms with Crippen LogP contribution < -0.4 is 11.2 Å². The fourth-order valence-corrected chi connectivity index (χ4v) is 1.25. The lowest BCUT2D eigenvalue weighted by Crippen LogP contribution is -2.65. The first-order valence-corrected chi connectivity index (χ1v) is 5.00. The third kappa shape index (κ3) is 4.43. The minimum absolute atomic E-state index is 0.388. The maximum absolute atomic E-state index is 10.6. The minimum Gasteiger partial charge on any atom is -0.477 e. The third-order valence-corrected chi connectivity index (χ3v) is 2.15. The van der Waals surface area contributed by atoms with Crippen molar-refractivity contribution >= 4 is 18.6 Å². The second-order valence-corrected chi connectivity index (χ2v) is 3.49. The SMILES string of the molecule is [NH3+]C(Cc1ccc(/C=N/NC=O)cc1)C(=O)O. The van der Waals surface area contributed by atoms with Gasteiger partial charge in [0.1, 0.15) is 0 Å². The van der Waals surface area contributed by atoms with Crippen molar-refractivity contribution in [3.63, 3.8) is 0 Å². The van der Waals surface area contributed by atoms with Crippen LogP contribution in [0, 0.1) is 0 Å². The number of hydrazone groups is 1. The van der Waals surface area contributed by atoms with E-state index in [2.05, 4.69) is 16.3 Å². The largest absolute Gasteiger partial charge is 0.477 e. The Morgan fingerprint density at radius 1 is 1.47 bits per heavy atom. The van der Waals surface area contributed by atoms with Crippen molar-refractivity contribution < 1.29 is 20.4 Å². The van der Waals surface area contributed by atoms with E-state index in [1.54, 1.807) is 12.1 Å². The molecule has 0 heterocycles. The van der Waals surface area contributed by atoms with Gasteiger partial charge in [-0.3, -0.25) is 4.79 Å². The molecule has 0 saturated heterocycles. The molecule has 0 aromatic heterocycles. The Balaban J connectivity index is 2.61. The molecule has 5 N–H and O–H groups in total. The van der Waals surface area contributed by atoms with E-state index in [1.807, 2.05) is 12.1 Å². The van der Waals surface area contributed by atoms with Gasteiger partial charge in [0, 0.05) is 6.42 Å². The predicted octanol–water partition coefficient (Wildman–Crippen LogP) is -0.996. The van der Waals surface area contributed by atoms with E-state index in [0.717, 1.165) is 11.1 Å². The molecule has 1 amide bonds. The number of benzene rings is 1. The Hall–Kier alpha value is -2.21. The van der Waals surface area contributed by atoms with Gasteiger partial charge in [-0.15, -0.1) is 0 Å². The molecular formula is C11H14N3O3+. The van der Waals surface area contributed by atoms with Gasteiger partial charge in [0.15, 0.2) is 6.04 Å². The van der Waals surface area contributed by atoms with Crippen LogP contribution in [0.1, 0.15) is 11.1 Å². The average Bonchev–Trinajstić information content (AvgIpc) is 2.31. The highest BCUT2D eigenvalue weighted by molar-refractivity contribution is 5.80. The van der Waals surface area contributed by atoms with Crippen LogP contribution in [0.3, 0.4) is 0 Å². The highest BCUT2D eigenvalue weighted by Crippen LogP contribution is 2.04. The zero-order chi connectivity index (χ0) is 12.7. The monoisotopic (exact) mass is 236 g/mol. The van der Waals surface area contributed by atoms with Crippen LogP contribution in [0.4, 0.5) is 0 Å². The number of amides is 1. The van der Waals surface area contributed by atoms with Gasteiger partial charge < -0.3 is 10.8 Å². The van der Waals surface area contributed by atoms with E-state index in [-0.39, 0.29) is 0 Å². The van der Waals surface area contributed by atoms with Gasteiger partial charge >= 0.3 is 5.97 Å². The molecule has 0 spiro atoms. The number of nitrogens with one attached hydrogen (secondary N) is 1. The Bertz CT molecular complexity index is 414. The van der Waals surface area contributed by atoms with Crippen molar-refractivity contribution in [1.82, 2.24) is 5.43 Å². The molecule has 6 nitrogen and oxygen atoms in total. The third-order valence-electron chi connectivity index (χ3n) is 2.15. The molecule has 0 saturated carbocycles. The lowest BCUT2D eigenvalue weighted by Gasteiger charge is -2.03. The van der Waals surface area contributed by atoms with Gasteiger partial charge in [0.2, 0.25) is 6.41 Å². The Kier molecular flexibility index (Phi) is 4.83. The van der Waals surface area contributed by atoms with Crippen LogP contribution in [0.2, 0.25) is 0 Å². The Labute approximate surface area is 98.1 Å². The van der Waals surface area contributed by atoms with Crippen LogP contribution in [0.5, 0.6) is 0 Å². The summed E-state index contributed by atoms with van der Waals surface area (Å²) in [5, 5.41) is 12.3. The van der Waals surface area contributed by atoms with Crippen molar-refractivity contribution in [2.75, 3.05) is 0 Å². The molecule has 1 aromatic rings. The van der Waals surface area contributed by atoms with E-state index in [4.69, 9.17) is 5.11 Å². The van der Waals surface area contributed by atoms with Gasteiger partial charge in [-0.05, 0) is 11.1 Å². The normalized spacial score (nSPS) is 12.3. The van der Waals surface area contributed by atoms with E-state index in [0.29, 0.717) is 12.8 Å². The van der Waals surface area contributed by atoms with Crippen molar-refractivity contribution in [2.45, 2.75) is 12.5 Å². The maximum atomic E-state index is 10.6. The number of carbonyl (C=O) groups is 2. The predicted molar refractivity (Wildman–Crippen MR) is 61.3 cm³/mol. The molecule has 1 unspecified atom stereocenters. The molecule has 0 aliphatic heterocycles. The zero-order valence-corrected chi connectivity index (χ0v) is 9.17. The summed E-state index contributed by atoms with van der Waals surface area (Å²) in [5.41, 5.74) is 7.42. The van der Waals surface area contributed by atoms with Crippen molar-refractivity contribution in [3.05, 3.63) is 35.4 Å². The smallest absolute Gasteiger partial charge is 0.362 e. The first kappa shape index (κ1) is 12.9. The summed E-state index contributed by atoms with van der Waals surface area (Å²) >= 11 is 0. The van der Waals surface area contributed by atoms with Gasteiger partial charge in [-0.25, -0.2) is 10.2 Å². The number of quaternary nitrogens is 1. The fourth-order valence-electron chi connectivity index (χ4n) is 1.25. The first-order valence-electron chi connectivity index (χ1n) is 5.00. The molecule has 1 atom stereocenters. The van der Waals surface area contributed by atoms with Gasteiger partial charge in [-0.1, -0.05) is 24.3 Å². The summed E-state index contributed by atoms with van der Waals surface area (Å²) in [5.74, 6) is -0.911. The van der Waals surface area contributed by atoms with Crippen LogP contribution >= 0.6 is 0 Å². The number of nitrogens with zero attached hydrogens (tertiary/aromatic N) is 1. The number of carboxylic acids is 1. The molecule has 6 heteroatoms. The molecule has 17 heavy (non-hydrogen) atoms. The number of hydrogen-bond acceptors (Lipinski definition) is 3. The Morgan fingerprint density at radius 3 is 2.65 bits per heavy atom. The highest BCUT2D eigenvalue weighted by Gasteiger charge is 2.15. The van der Waals surface area contributed by atoms with E-state index in [9.17, 15) is 9.59 Å². The van der Waals surface area contributed by atoms with Crippen LogP contribution in [-0.4, -0.2) is 29.7 Å². The van der Waals surface area contributed by atoms with Crippen molar-refractivity contribution in [3.8, 4) is 0 Å². The second-order valence-electron chi connectivity index (χ2n) is 3.49. The van der Waals surface area contributed by atoms with E-state index < -0.39 is 12.0 Å². The zero-order valence-electron chi connectivity index (χ0n) is 9.17. The molecule has 0 bridgehead atoms. The molecule has 1 rings (SSSR count). The standard InChI is InChI=1S/C11H13N3O3/c12-10(11(16)17)5-8-1-3-9(4-2-8)6-13-14-7-15/h1-4,6-7,10H,5,12H2,(H,14,15)(H,16,17)/p+1/b13-6+. The number of rotatable bonds is 6. The minimum atomic E-state index is -0.911. The maximum Gasteiger partial charge on any atom is 0.362 e. The lowest BCUT2D eigenvalue weighted by molar-refractivity contribution is -0.407. The molecular weight excluding hydrogens is 222 g/mol. The van der Waals surface area contributed by atoms with Gasteiger partial charge in [0.25, 0.3) is 0 Å². The van der Waals surface area contributed by atoms with Gasteiger partial charge in [-0.2, -0.15) is 5.10 Å². The molecule has 0 fully saturated rings. The Morgan fingerprint density at radius 2 is 2.12 bits per heavy atom. The van der Waals surface area contributed by atoms with Crippen molar-refractivity contribution in [2.24, 2.45) is 5.10 Å². The number of hydrogen-bond donors (Lipinski definition) is 3. The molecule has 90 valence electrons. The molecule has 0 radical (unpaired) electrons. The first-order chi connectivity index (χ1) is 8.13. The summed E-state index contributed by atoms with van der Waals surface area (Å²) in [6, 6.07) is 6.55. The molecule has 0 aliphatic rings. The summed E-state index contributed by atoms with van der Waals surface area (Å²) in [6.07, 6.45) is 2.36. The number of carbonyl (C=O) groups excluding carboxylic acids is 1. The quantitative estimate of drug-likeness (QED) is 0.335. The van der Waals surface area contributed by atoms with Gasteiger partial charge in [0.05, 0.1) is 6.21 Å². The molecule has 0 aliphatic carbocycles. The summed E-state index contributed by atoms with van der Waals surface area (Å²) in [7, 11) is 0. The average molecular weight is 236 g/mol. The summed E-state index contributed by atoms with van der Waals surface area (Å²) < 4.78 is 0. The highest BCUT2D eigenvalue weighted by atomic mass is 16.4. The van der Waals surface area contributed by atoms with E-state index >= 15 is 0 Å². The lowest BCUT2D eigenvalue weighted by atomic mass is 10.1. The van der Waals surface area contributed by atoms with Crippen LogP contribution in [-0.2, 0) is 16.0 Å². The van der Waals surface area contributed by atoms with Crippen molar-refractivity contribution in [1.29, 1.82) is 0 Å². The second kappa shape index (κ2) is 6.39. The molecule has 1 aromatic carbocycles. The summed E-state index contributed by atoms with van der Waals surface area (Å²) in [4.78, 5) is 20.6.